The van der Waals surface area contributed by atoms with Crippen molar-refractivity contribution >= 4 is 17.3 Å². The lowest BCUT2D eigenvalue weighted by molar-refractivity contribution is -0.384. The molecule has 4 rings (SSSR count). The van der Waals surface area contributed by atoms with E-state index in [2.05, 4.69) is 12.2 Å². The molecule has 0 saturated carbocycles. The average Bonchev–Trinajstić information content (AvgIpc) is 2.77. The first kappa shape index (κ1) is 21.1. The van der Waals surface area contributed by atoms with E-state index in [-0.39, 0.29) is 29.0 Å². The van der Waals surface area contributed by atoms with E-state index in [0.29, 0.717) is 37.4 Å². The van der Waals surface area contributed by atoms with Gasteiger partial charge in [0.2, 0.25) is 0 Å². The van der Waals surface area contributed by atoms with E-state index in [4.69, 9.17) is 0 Å². The molecule has 1 fully saturated rings. The van der Waals surface area contributed by atoms with Gasteiger partial charge in [-0.3, -0.25) is 19.7 Å². The monoisotopic (exact) mass is 424 g/mol. The van der Waals surface area contributed by atoms with Gasteiger partial charge in [-0.1, -0.05) is 25.8 Å². The third-order valence-corrected chi connectivity index (χ3v) is 6.30. The number of amides is 1. The SMILES string of the molecule is CCCCCNc1ccc(C(=O)N2CC3CC(C2)c2cccc(=O)n2C3)cc1[N+](=O)[O-]. The van der Waals surface area contributed by atoms with E-state index in [0.717, 1.165) is 31.4 Å². The van der Waals surface area contributed by atoms with Gasteiger partial charge >= 0.3 is 0 Å². The second-order valence-electron chi connectivity index (χ2n) is 8.53. The lowest BCUT2D eigenvalue weighted by atomic mass is 9.83. The molecule has 0 spiro atoms. The normalized spacial score (nSPS) is 19.6. The highest BCUT2D eigenvalue weighted by Gasteiger charge is 2.36. The summed E-state index contributed by atoms with van der Waals surface area (Å²) >= 11 is 0. The maximum absolute atomic E-state index is 13.2. The van der Waals surface area contributed by atoms with Gasteiger partial charge in [0.15, 0.2) is 0 Å². The van der Waals surface area contributed by atoms with Crippen molar-refractivity contribution in [3.8, 4) is 0 Å². The molecule has 2 aromatic rings. The molecule has 1 aromatic heterocycles. The number of nitro benzene ring substituents is 1. The fraction of sp³-hybridized carbons (Fsp3) is 0.478. The van der Waals surface area contributed by atoms with Crippen molar-refractivity contribution < 1.29 is 9.72 Å². The molecule has 2 atom stereocenters. The number of pyridine rings is 1. The van der Waals surface area contributed by atoms with Gasteiger partial charge in [-0.15, -0.1) is 0 Å². The molecule has 8 heteroatoms. The molecule has 1 saturated heterocycles. The van der Waals surface area contributed by atoms with Crippen LogP contribution < -0.4 is 10.9 Å². The molecule has 2 aliphatic rings. The number of nitro groups is 1. The topological polar surface area (TPSA) is 97.5 Å². The molecule has 2 aliphatic heterocycles. The van der Waals surface area contributed by atoms with Crippen LogP contribution in [0.3, 0.4) is 0 Å². The van der Waals surface area contributed by atoms with Crippen molar-refractivity contribution in [3.63, 3.8) is 0 Å². The highest BCUT2D eigenvalue weighted by molar-refractivity contribution is 5.96. The molecule has 3 heterocycles. The number of rotatable bonds is 7. The van der Waals surface area contributed by atoms with Crippen molar-refractivity contribution in [1.82, 2.24) is 9.47 Å². The molecule has 1 amide bonds. The molecule has 0 aliphatic carbocycles. The molecular weight excluding hydrogens is 396 g/mol. The molecule has 2 bridgehead atoms. The van der Waals surface area contributed by atoms with Crippen LogP contribution in [0.1, 0.15) is 54.6 Å². The van der Waals surface area contributed by atoms with Gasteiger partial charge in [0.1, 0.15) is 5.69 Å². The highest BCUT2D eigenvalue weighted by Crippen LogP contribution is 2.36. The number of carbonyl (C=O) groups is 1. The van der Waals surface area contributed by atoms with E-state index in [1.165, 1.54) is 6.07 Å². The van der Waals surface area contributed by atoms with Crippen LogP contribution in [0.25, 0.3) is 0 Å². The van der Waals surface area contributed by atoms with Gasteiger partial charge in [-0.05, 0) is 37.0 Å². The van der Waals surface area contributed by atoms with Crippen LogP contribution >= 0.6 is 0 Å². The minimum Gasteiger partial charge on any atom is -0.379 e. The lowest BCUT2D eigenvalue weighted by Gasteiger charge is -2.42. The first-order valence-electron chi connectivity index (χ1n) is 11.0. The number of likely N-dealkylation sites (tertiary alicyclic amines) is 1. The highest BCUT2D eigenvalue weighted by atomic mass is 16.6. The summed E-state index contributed by atoms with van der Waals surface area (Å²) in [6.45, 7) is 4.45. The third-order valence-electron chi connectivity index (χ3n) is 6.30. The summed E-state index contributed by atoms with van der Waals surface area (Å²) in [7, 11) is 0. The third kappa shape index (κ3) is 4.33. The Morgan fingerprint density at radius 3 is 2.81 bits per heavy atom. The molecular formula is C23H28N4O4. The van der Waals surface area contributed by atoms with E-state index in [9.17, 15) is 19.7 Å². The Morgan fingerprint density at radius 2 is 2.03 bits per heavy atom. The molecule has 8 nitrogen and oxygen atoms in total. The molecule has 164 valence electrons. The Bertz CT molecular complexity index is 1050. The number of unbranched alkanes of at least 4 members (excludes halogenated alkanes) is 2. The number of anilines is 1. The first-order valence-corrected chi connectivity index (χ1v) is 11.0. The summed E-state index contributed by atoms with van der Waals surface area (Å²) in [6.07, 6.45) is 4.03. The zero-order valence-corrected chi connectivity index (χ0v) is 17.8. The second-order valence-corrected chi connectivity index (χ2v) is 8.53. The lowest BCUT2D eigenvalue weighted by Crippen LogP contribution is -2.49. The summed E-state index contributed by atoms with van der Waals surface area (Å²) in [4.78, 5) is 38.3. The van der Waals surface area contributed by atoms with Crippen LogP contribution in [-0.2, 0) is 6.54 Å². The second kappa shape index (κ2) is 8.91. The zero-order chi connectivity index (χ0) is 22.0. The van der Waals surface area contributed by atoms with E-state index in [1.54, 1.807) is 29.2 Å². The number of nitrogens with one attached hydrogen (secondary N) is 1. The number of nitrogens with zero attached hydrogens (tertiary/aromatic N) is 3. The van der Waals surface area contributed by atoms with Gasteiger partial charge in [-0.25, -0.2) is 0 Å². The maximum Gasteiger partial charge on any atom is 0.293 e. The van der Waals surface area contributed by atoms with Gasteiger partial charge < -0.3 is 14.8 Å². The summed E-state index contributed by atoms with van der Waals surface area (Å²) in [6, 6.07) is 9.99. The Hall–Kier alpha value is -3.16. The molecule has 31 heavy (non-hydrogen) atoms. The van der Waals surface area contributed by atoms with Gasteiger partial charge in [0.25, 0.3) is 17.2 Å². The zero-order valence-electron chi connectivity index (χ0n) is 17.8. The summed E-state index contributed by atoms with van der Waals surface area (Å²) in [5, 5.41) is 14.7. The van der Waals surface area contributed by atoms with E-state index in [1.807, 2.05) is 10.6 Å². The average molecular weight is 425 g/mol. The Morgan fingerprint density at radius 1 is 1.19 bits per heavy atom. The summed E-state index contributed by atoms with van der Waals surface area (Å²) < 4.78 is 1.82. The number of hydrogen-bond donors (Lipinski definition) is 1. The quantitative estimate of drug-likeness (QED) is 0.416. The minimum atomic E-state index is -0.438. The summed E-state index contributed by atoms with van der Waals surface area (Å²) in [5.74, 6) is 0.131. The van der Waals surface area contributed by atoms with E-state index >= 15 is 0 Å². The number of piperidine rings is 1. The van der Waals surface area contributed by atoms with Crippen LogP contribution in [0.5, 0.6) is 0 Å². The standard InChI is InChI=1S/C23H28N4O4/c1-2-3-4-10-24-19-9-8-17(12-21(19)27(30)31)23(29)25-13-16-11-18(15-25)20-6-5-7-22(28)26(20)14-16/h5-9,12,16,18,24H,2-4,10-11,13-15H2,1H3. The van der Waals surface area contributed by atoms with Crippen molar-refractivity contribution in [1.29, 1.82) is 0 Å². The van der Waals surface area contributed by atoms with Crippen LogP contribution in [0.4, 0.5) is 11.4 Å². The number of fused-ring (bicyclic) bond motifs is 4. The van der Waals surface area contributed by atoms with Gasteiger partial charge in [0, 0.05) is 55.5 Å². The Balaban J connectivity index is 1.53. The van der Waals surface area contributed by atoms with Crippen LogP contribution in [0.15, 0.2) is 41.2 Å². The van der Waals surface area contributed by atoms with Crippen molar-refractivity contribution in [2.75, 3.05) is 25.0 Å². The number of aromatic nitrogens is 1. The predicted molar refractivity (Wildman–Crippen MR) is 119 cm³/mol. The molecule has 1 aromatic carbocycles. The van der Waals surface area contributed by atoms with Crippen LogP contribution in [-0.4, -0.2) is 39.9 Å². The molecule has 0 radical (unpaired) electrons. The van der Waals surface area contributed by atoms with Gasteiger partial charge in [0.05, 0.1) is 4.92 Å². The number of hydrogen-bond acceptors (Lipinski definition) is 5. The van der Waals surface area contributed by atoms with E-state index < -0.39 is 4.92 Å². The fourth-order valence-electron chi connectivity index (χ4n) is 4.81. The number of carbonyl (C=O) groups excluding carboxylic acids is 1. The van der Waals surface area contributed by atoms with Crippen molar-refractivity contribution in [3.05, 3.63) is 68.1 Å². The van der Waals surface area contributed by atoms with Crippen LogP contribution in [0, 0.1) is 16.0 Å². The number of benzene rings is 1. The first-order chi connectivity index (χ1) is 15.0. The molecule has 2 unspecified atom stereocenters. The Kier molecular flexibility index (Phi) is 6.06. The smallest absolute Gasteiger partial charge is 0.293 e. The predicted octanol–water partition coefficient (Wildman–Crippen LogP) is 3.62. The maximum atomic E-state index is 13.2. The van der Waals surface area contributed by atoms with Gasteiger partial charge in [-0.2, -0.15) is 0 Å². The largest absolute Gasteiger partial charge is 0.379 e. The summed E-state index contributed by atoms with van der Waals surface area (Å²) in [5.41, 5.74) is 1.68. The Labute approximate surface area is 181 Å². The van der Waals surface area contributed by atoms with Crippen molar-refractivity contribution in [2.24, 2.45) is 5.92 Å². The van der Waals surface area contributed by atoms with Crippen LogP contribution in [0.2, 0.25) is 0 Å². The molecule has 1 N–H and O–H groups in total. The minimum absolute atomic E-state index is 0.00428. The fourth-order valence-corrected chi connectivity index (χ4v) is 4.81. The van der Waals surface area contributed by atoms with Crippen molar-refractivity contribution in [2.45, 2.75) is 45.1 Å².